The van der Waals surface area contributed by atoms with E-state index >= 15 is 0 Å². The maximum Gasteiger partial charge on any atom is 0.323 e. The maximum absolute atomic E-state index is 11.6. The van der Waals surface area contributed by atoms with Crippen molar-refractivity contribution in [2.75, 3.05) is 5.32 Å². The zero-order chi connectivity index (χ0) is 12.3. The summed E-state index contributed by atoms with van der Waals surface area (Å²) < 4.78 is 0. The number of nitrogens with one attached hydrogen (secondary N) is 2. The molecular weight excluding hydrogens is 214 g/mol. The van der Waals surface area contributed by atoms with Crippen LogP contribution >= 0.6 is 0 Å². The fourth-order valence-electron chi connectivity index (χ4n) is 1.54. The van der Waals surface area contributed by atoms with Gasteiger partial charge in [0, 0.05) is 11.9 Å². The first-order valence-electron chi connectivity index (χ1n) is 5.82. The summed E-state index contributed by atoms with van der Waals surface area (Å²) in [7, 11) is 0. The molecule has 1 aliphatic carbocycles. The maximum atomic E-state index is 11.6. The van der Waals surface area contributed by atoms with Crippen molar-refractivity contribution in [2.24, 2.45) is 5.92 Å². The van der Waals surface area contributed by atoms with Crippen LogP contribution in [0.4, 0.5) is 10.5 Å². The molecule has 1 aromatic heterocycles. The van der Waals surface area contributed by atoms with Gasteiger partial charge in [-0.15, -0.1) is 0 Å². The van der Waals surface area contributed by atoms with Crippen molar-refractivity contribution in [1.29, 1.82) is 0 Å². The second-order valence-electron chi connectivity index (χ2n) is 4.45. The zero-order valence-corrected chi connectivity index (χ0v) is 10.2. The van der Waals surface area contributed by atoms with Crippen molar-refractivity contribution in [3.63, 3.8) is 0 Å². The van der Waals surface area contributed by atoms with Crippen molar-refractivity contribution in [3.05, 3.63) is 35.8 Å². The molecule has 0 saturated heterocycles. The van der Waals surface area contributed by atoms with Gasteiger partial charge in [-0.05, 0) is 44.7 Å². The number of urea groups is 1. The van der Waals surface area contributed by atoms with Gasteiger partial charge in [0.05, 0.1) is 11.9 Å². The van der Waals surface area contributed by atoms with Gasteiger partial charge in [-0.25, -0.2) is 4.79 Å². The third kappa shape index (κ3) is 3.59. The molecule has 0 radical (unpaired) electrons. The summed E-state index contributed by atoms with van der Waals surface area (Å²) in [5.41, 5.74) is 2.87. The third-order valence-electron chi connectivity index (χ3n) is 2.82. The summed E-state index contributed by atoms with van der Waals surface area (Å²) in [4.78, 5) is 15.7. The SMILES string of the molecule is C/C(=C\NC(=O)Nc1ccc(C)nc1)C1CC1. The molecule has 1 aromatic rings. The van der Waals surface area contributed by atoms with Crippen LogP contribution < -0.4 is 10.6 Å². The number of amides is 2. The van der Waals surface area contributed by atoms with E-state index in [1.807, 2.05) is 26.0 Å². The third-order valence-corrected chi connectivity index (χ3v) is 2.82. The van der Waals surface area contributed by atoms with Gasteiger partial charge < -0.3 is 10.6 Å². The van der Waals surface area contributed by atoms with Crippen molar-refractivity contribution < 1.29 is 4.79 Å². The quantitative estimate of drug-likeness (QED) is 0.840. The molecule has 0 spiro atoms. The van der Waals surface area contributed by atoms with E-state index in [4.69, 9.17) is 0 Å². The first-order valence-corrected chi connectivity index (χ1v) is 5.82. The molecule has 4 nitrogen and oxygen atoms in total. The minimum absolute atomic E-state index is 0.226. The van der Waals surface area contributed by atoms with Crippen molar-refractivity contribution >= 4 is 11.7 Å². The number of carbonyl (C=O) groups excluding carboxylic acids is 1. The first-order chi connectivity index (χ1) is 8.15. The Morgan fingerprint density at radius 2 is 2.24 bits per heavy atom. The van der Waals surface area contributed by atoms with E-state index in [2.05, 4.69) is 15.6 Å². The van der Waals surface area contributed by atoms with Gasteiger partial charge in [-0.1, -0.05) is 5.57 Å². The Kier molecular flexibility index (Phi) is 3.42. The highest BCUT2D eigenvalue weighted by Crippen LogP contribution is 2.35. The van der Waals surface area contributed by atoms with Crippen molar-refractivity contribution in [1.82, 2.24) is 10.3 Å². The molecule has 1 saturated carbocycles. The molecule has 1 heterocycles. The lowest BCUT2D eigenvalue weighted by Gasteiger charge is -2.05. The molecule has 1 aliphatic rings. The highest BCUT2D eigenvalue weighted by Gasteiger charge is 2.22. The normalized spacial score (nSPS) is 15.5. The van der Waals surface area contributed by atoms with E-state index in [-0.39, 0.29) is 6.03 Å². The van der Waals surface area contributed by atoms with Gasteiger partial charge in [0.2, 0.25) is 0 Å². The molecule has 0 aliphatic heterocycles. The van der Waals surface area contributed by atoms with Gasteiger partial charge in [0.15, 0.2) is 0 Å². The van der Waals surface area contributed by atoms with Crippen LogP contribution in [0.5, 0.6) is 0 Å². The van der Waals surface area contributed by atoms with E-state index in [1.165, 1.54) is 18.4 Å². The summed E-state index contributed by atoms with van der Waals surface area (Å²) in [5, 5.41) is 5.45. The Balaban J connectivity index is 1.84. The summed E-state index contributed by atoms with van der Waals surface area (Å²) >= 11 is 0. The topological polar surface area (TPSA) is 54.0 Å². The zero-order valence-electron chi connectivity index (χ0n) is 10.2. The average molecular weight is 231 g/mol. The molecule has 0 unspecified atom stereocenters. The Morgan fingerprint density at radius 3 is 2.82 bits per heavy atom. The van der Waals surface area contributed by atoms with Crippen LogP contribution in [0.2, 0.25) is 0 Å². The van der Waals surface area contributed by atoms with E-state index < -0.39 is 0 Å². The molecule has 2 N–H and O–H groups in total. The molecule has 90 valence electrons. The predicted molar refractivity (Wildman–Crippen MR) is 67.6 cm³/mol. The summed E-state index contributed by atoms with van der Waals surface area (Å²) in [5.74, 6) is 0.677. The van der Waals surface area contributed by atoms with Crippen molar-refractivity contribution in [2.45, 2.75) is 26.7 Å². The Morgan fingerprint density at radius 1 is 1.47 bits per heavy atom. The molecule has 2 rings (SSSR count). The van der Waals surface area contributed by atoms with Crippen LogP contribution in [0.1, 0.15) is 25.5 Å². The molecule has 17 heavy (non-hydrogen) atoms. The van der Waals surface area contributed by atoms with Gasteiger partial charge >= 0.3 is 6.03 Å². The fourth-order valence-corrected chi connectivity index (χ4v) is 1.54. The average Bonchev–Trinajstić information content (AvgIpc) is 3.13. The molecule has 0 bridgehead atoms. The number of aromatic nitrogens is 1. The van der Waals surface area contributed by atoms with E-state index in [0.29, 0.717) is 11.6 Å². The molecule has 4 heteroatoms. The molecule has 2 amide bonds. The minimum atomic E-state index is -0.226. The fraction of sp³-hybridized carbons (Fsp3) is 0.385. The molecule has 1 fully saturated rings. The number of pyridine rings is 1. The van der Waals surface area contributed by atoms with Crippen LogP contribution in [0.3, 0.4) is 0 Å². The van der Waals surface area contributed by atoms with Gasteiger partial charge in [-0.2, -0.15) is 0 Å². The van der Waals surface area contributed by atoms with Crippen LogP contribution in [0.15, 0.2) is 30.1 Å². The number of aryl methyl sites for hydroxylation is 1. The van der Waals surface area contributed by atoms with E-state index in [9.17, 15) is 4.79 Å². The standard InChI is InChI=1S/C13H17N3O/c1-9(11-4-5-11)7-15-13(17)16-12-6-3-10(2)14-8-12/h3,6-8,11H,4-5H2,1-2H3,(H2,15,16,17)/b9-7+. The van der Waals surface area contributed by atoms with Crippen LogP contribution in [-0.2, 0) is 0 Å². The highest BCUT2D eigenvalue weighted by molar-refractivity contribution is 5.89. The first kappa shape index (κ1) is 11.6. The lowest BCUT2D eigenvalue weighted by Crippen LogP contribution is -2.24. The number of anilines is 1. The van der Waals surface area contributed by atoms with Crippen LogP contribution in [-0.4, -0.2) is 11.0 Å². The van der Waals surface area contributed by atoms with Crippen molar-refractivity contribution in [3.8, 4) is 0 Å². The monoisotopic (exact) mass is 231 g/mol. The van der Waals surface area contributed by atoms with Crippen LogP contribution in [0.25, 0.3) is 0 Å². The lowest BCUT2D eigenvalue weighted by atomic mass is 10.2. The molecular formula is C13H17N3O. The van der Waals surface area contributed by atoms with E-state index in [0.717, 1.165) is 5.69 Å². The summed E-state index contributed by atoms with van der Waals surface area (Å²) in [6, 6.07) is 3.47. The number of nitrogens with zero attached hydrogens (tertiary/aromatic N) is 1. The number of carbonyl (C=O) groups is 1. The number of allylic oxidation sites excluding steroid dienone is 1. The number of hydrogen-bond donors (Lipinski definition) is 2. The minimum Gasteiger partial charge on any atom is -0.314 e. The number of hydrogen-bond acceptors (Lipinski definition) is 2. The highest BCUT2D eigenvalue weighted by atomic mass is 16.2. The Bertz CT molecular complexity index is 432. The van der Waals surface area contributed by atoms with Crippen LogP contribution in [0, 0.1) is 12.8 Å². The summed E-state index contributed by atoms with van der Waals surface area (Å²) in [6.07, 6.45) is 5.92. The largest absolute Gasteiger partial charge is 0.323 e. The summed E-state index contributed by atoms with van der Waals surface area (Å²) in [6.45, 7) is 3.96. The van der Waals surface area contributed by atoms with Gasteiger partial charge in [0.1, 0.15) is 0 Å². The second kappa shape index (κ2) is 4.99. The Hall–Kier alpha value is -1.84. The second-order valence-corrected chi connectivity index (χ2v) is 4.45. The number of rotatable bonds is 3. The van der Waals surface area contributed by atoms with Gasteiger partial charge in [-0.3, -0.25) is 4.98 Å². The molecule has 0 atom stereocenters. The predicted octanol–water partition coefficient (Wildman–Crippen LogP) is 2.83. The lowest BCUT2D eigenvalue weighted by molar-refractivity contribution is 0.255. The molecule has 0 aromatic carbocycles. The van der Waals surface area contributed by atoms with E-state index in [1.54, 1.807) is 12.4 Å². The smallest absolute Gasteiger partial charge is 0.314 e. The Labute approximate surface area is 101 Å². The van der Waals surface area contributed by atoms with Gasteiger partial charge in [0.25, 0.3) is 0 Å².